The number of rotatable bonds is 1. The van der Waals surface area contributed by atoms with Crippen LogP contribution < -0.4 is 0 Å². The molecule has 19 heavy (non-hydrogen) atoms. The van der Waals surface area contributed by atoms with Crippen molar-refractivity contribution >= 4 is 5.97 Å². The zero-order valence-corrected chi connectivity index (χ0v) is 11.4. The van der Waals surface area contributed by atoms with Gasteiger partial charge in [0.2, 0.25) is 0 Å². The molecule has 1 aliphatic carbocycles. The molecule has 1 saturated heterocycles. The topological polar surface area (TPSA) is 26.3 Å². The van der Waals surface area contributed by atoms with E-state index in [2.05, 4.69) is 37.8 Å². The molecule has 2 heteroatoms. The maximum atomic E-state index is 12.1. The fourth-order valence-corrected chi connectivity index (χ4v) is 3.48. The first kappa shape index (κ1) is 12.5. The van der Waals surface area contributed by atoms with E-state index in [4.69, 9.17) is 4.74 Å². The molecule has 2 aliphatic rings. The summed E-state index contributed by atoms with van der Waals surface area (Å²) < 4.78 is 5.22. The number of cyclic esters (lactones) is 1. The molecule has 100 valence electrons. The number of hydrogen-bond acceptors (Lipinski definition) is 2. The molecule has 1 aromatic carbocycles. The summed E-state index contributed by atoms with van der Waals surface area (Å²) in [6.07, 6.45) is 4.01. The van der Waals surface area contributed by atoms with Crippen LogP contribution in [0.5, 0.6) is 0 Å². The van der Waals surface area contributed by atoms with Crippen LogP contribution in [0.4, 0.5) is 0 Å². The second-order valence-electron chi connectivity index (χ2n) is 5.97. The van der Waals surface area contributed by atoms with E-state index in [0.717, 1.165) is 31.3 Å². The Balaban J connectivity index is 1.87. The Bertz CT molecular complexity index is 497. The summed E-state index contributed by atoms with van der Waals surface area (Å²) in [7, 11) is 0. The van der Waals surface area contributed by atoms with Gasteiger partial charge in [0.05, 0.1) is 5.41 Å². The molecule has 1 aromatic rings. The fourth-order valence-electron chi connectivity index (χ4n) is 3.48. The first-order valence-corrected chi connectivity index (χ1v) is 7.04. The van der Waals surface area contributed by atoms with Gasteiger partial charge in [0, 0.05) is 0 Å². The highest BCUT2D eigenvalue weighted by molar-refractivity contribution is 5.83. The fraction of sp³-hybridized carbons (Fsp3) is 0.471. The quantitative estimate of drug-likeness (QED) is 0.565. The van der Waals surface area contributed by atoms with Crippen LogP contribution >= 0.6 is 0 Å². The van der Waals surface area contributed by atoms with Gasteiger partial charge in [-0.15, -0.1) is 0 Å². The van der Waals surface area contributed by atoms with Gasteiger partial charge in [0.1, 0.15) is 6.61 Å². The molecule has 1 aliphatic heterocycles. The number of benzene rings is 1. The van der Waals surface area contributed by atoms with E-state index in [9.17, 15) is 4.79 Å². The Morgan fingerprint density at radius 3 is 2.68 bits per heavy atom. The molecule has 1 saturated carbocycles. The summed E-state index contributed by atoms with van der Waals surface area (Å²) in [6, 6.07) is 8.70. The van der Waals surface area contributed by atoms with E-state index < -0.39 is 5.41 Å². The van der Waals surface area contributed by atoms with Crippen molar-refractivity contribution in [2.45, 2.75) is 38.5 Å². The van der Waals surface area contributed by atoms with Crippen molar-refractivity contribution in [3.63, 3.8) is 0 Å². The lowest BCUT2D eigenvalue weighted by Crippen LogP contribution is -2.33. The second kappa shape index (κ2) is 4.52. The number of ether oxygens (including phenoxy) is 1. The minimum Gasteiger partial charge on any atom is -0.460 e. The lowest BCUT2D eigenvalue weighted by atomic mass is 9.65. The normalized spacial score (nSPS) is 30.7. The highest BCUT2D eigenvalue weighted by atomic mass is 16.5. The Morgan fingerprint density at radius 1 is 1.32 bits per heavy atom. The van der Waals surface area contributed by atoms with Gasteiger partial charge in [-0.05, 0) is 43.2 Å². The number of esters is 1. The third-order valence-electron chi connectivity index (χ3n) is 4.74. The lowest BCUT2D eigenvalue weighted by molar-refractivity contribution is -0.147. The van der Waals surface area contributed by atoms with Gasteiger partial charge in [0.15, 0.2) is 0 Å². The molecule has 0 amide bonds. The van der Waals surface area contributed by atoms with Gasteiger partial charge in [0.25, 0.3) is 0 Å². The number of hydrogen-bond donors (Lipinski definition) is 0. The standard InChI is InChI=1S/C17H20O2/c1-12-5-7-14(8-6-12)15-4-3-9-17(10-15)13(2)11-19-16(17)18/h5-8,15H,2-4,9-11H2,1H3/t15-,17-/m1/s1. The van der Waals surface area contributed by atoms with Gasteiger partial charge in [-0.25, -0.2) is 0 Å². The van der Waals surface area contributed by atoms with Crippen molar-refractivity contribution in [1.82, 2.24) is 0 Å². The molecule has 2 fully saturated rings. The molecule has 0 aromatic heterocycles. The van der Waals surface area contributed by atoms with Crippen LogP contribution in [0.25, 0.3) is 0 Å². The van der Waals surface area contributed by atoms with Crippen LogP contribution in [-0.2, 0) is 9.53 Å². The van der Waals surface area contributed by atoms with Crippen molar-refractivity contribution in [1.29, 1.82) is 0 Å². The Hall–Kier alpha value is -1.57. The summed E-state index contributed by atoms with van der Waals surface area (Å²) in [6.45, 7) is 6.59. The smallest absolute Gasteiger partial charge is 0.316 e. The average Bonchev–Trinajstić information content (AvgIpc) is 2.69. The lowest BCUT2D eigenvalue weighted by Gasteiger charge is -2.35. The summed E-state index contributed by atoms with van der Waals surface area (Å²) in [4.78, 5) is 12.1. The van der Waals surface area contributed by atoms with Crippen molar-refractivity contribution in [3.05, 3.63) is 47.5 Å². The SMILES string of the molecule is C=C1COC(=O)[C@@]12CCC[C@@H](c1ccc(C)cc1)C2. The van der Waals surface area contributed by atoms with E-state index in [1.54, 1.807) is 0 Å². The van der Waals surface area contributed by atoms with Crippen LogP contribution in [0.1, 0.15) is 42.7 Å². The summed E-state index contributed by atoms with van der Waals surface area (Å²) in [5.74, 6) is 0.408. The van der Waals surface area contributed by atoms with Crippen molar-refractivity contribution in [2.75, 3.05) is 6.61 Å². The third-order valence-corrected chi connectivity index (χ3v) is 4.74. The zero-order chi connectivity index (χ0) is 13.5. The van der Waals surface area contributed by atoms with E-state index in [-0.39, 0.29) is 5.97 Å². The van der Waals surface area contributed by atoms with Crippen LogP contribution in [0, 0.1) is 12.3 Å². The zero-order valence-electron chi connectivity index (χ0n) is 11.4. The molecule has 0 N–H and O–H groups in total. The Labute approximate surface area is 114 Å². The minimum absolute atomic E-state index is 0.0469. The van der Waals surface area contributed by atoms with Gasteiger partial charge >= 0.3 is 5.97 Å². The van der Waals surface area contributed by atoms with Crippen LogP contribution in [0.3, 0.4) is 0 Å². The van der Waals surface area contributed by atoms with E-state index in [0.29, 0.717) is 12.5 Å². The number of aryl methyl sites for hydroxylation is 1. The van der Waals surface area contributed by atoms with Crippen molar-refractivity contribution in [3.8, 4) is 0 Å². The average molecular weight is 256 g/mol. The predicted molar refractivity (Wildman–Crippen MR) is 74.9 cm³/mol. The van der Waals surface area contributed by atoms with Crippen molar-refractivity contribution in [2.24, 2.45) is 5.41 Å². The highest BCUT2D eigenvalue weighted by Gasteiger charge is 2.50. The molecule has 0 radical (unpaired) electrons. The number of carbonyl (C=O) groups is 1. The first-order chi connectivity index (χ1) is 9.12. The maximum Gasteiger partial charge on any atom is 0.316 e. The van der Waals surface area contributed by atoms with Gasteiger partial charge in [-0.2, -0.15) is 0 Å². The van der Waals surface area contributed by atoms with Gasteiger partial charge < -0.3 is 4.74 Å². The maximum absolute atomic E-state index is 12.1. The third kappa shape index (κ3) is 1.99. The molecule has 2 nitrogen and oxygen atoms in total. The molecular formula is C17H20O2. The van der Waals surface area contributed by atoms with E-state index >= 15 is 0 Å². The second-order valence-corrected chi connectivity index (χ2v) is 5.97. The van der Waals surface area contributed by atoms with Crippen LogP contribution in [0.2, 0.25) is 0 Å². The predicted octanol–water partition coefficient (Wildman–Crippen LogP) is 3.75. The minimum atomic E-state index is -0.395. The van der Waals surface area contributed by atoms with Crippen molar-refractivity contribution < 1.29 is 9.53 Å². The van der Waals surface area contributed by atoms with Crippen LogP contribution in [-0.4, -0.2) is 12.6 Å². The van der Waals surface area contributed by atoms with E-state index in [1.807, 2.05) is 0 Å². The molecule has 3 rings (SSSR count). The molecule has 1 heterocycles. The largest absolute Gasteiger partial charge is 0.460 e. The first-order valence-electron chi connectivity index (χ1n) is 7.04. The molecular weight excluding hydrogens is 236 g/mol. The summed E-state index contributed by atoms with van der Waals surface area (Å²) in [5, 5.41) is 0. The van der Waals surface area contributed by atoms with E-state index in [1.165, 1.54) is 11.1 Å². The summed E-state index contributed by atoms with van der Waals surface area (Å²) in [5.41, 5.74) is 3.21. The monoisotopic (exact) mass is 256 g/mol. The van der Waals surface area contributed by atoms with Crippen LogP contribution in [0.15, 0.2) is 36.4 Å². The Morgan fingerprint density at radius 2 is 2.05 bits per heavy atom. The van der Waals surface area contributed by atoms with Gasteiger partial charge in [-0.3, -0.25) is 4.79 Å². The number of carbonyl (C=O) groups excluding carboxylic acids is 1. The summed E-state index contributed by atoms with van der Waals surface area (Å²) >= 11 is 0. The Kier molecular flexibility index (Phi) is 2.96. The van der Waals surface area contributed by atoms with Gasteiger partial charge in [-0.1, -0.05) is 42.8 Å². The highest BCUT2D eigenvalue weighted by Crippen LogP contribution is 2.51. The molecule has 0 unspecified atom stereocenters. The molecule has 0 bridgehead atoms. The molecule has 1 spiro atoms. The molecule has 2 atom stereocenters.